The van der Waals surface area contributed by atoms with Crippen molar-refractivity contribution in [3.8, 4) is 0 Å². The third-order valence-corrected chi connectivity index (χ3v) is 3.57. The van der Waals surface area contributed by atoms with Crippen LogP contribution >= 0.6 is 34.5 Å². The summed E-state index contributed by atoms with van der Waals surface area (Å²) in [5, 5.41) is 0.591. The molecule has 0 aliphatic carbocycles. The zero-order chi connectivity index (χ0) is 11.7. The fraction of sp³-hybridized carbons (Fsp3) is 0. The first-order valence-electron chi connectivity index (χ1n) is 4.43. The second-order valence-electron chi connectivity index (χ2n) is 3.17. The van der Waals surface area contributed by atoms with Crippen molar-refractivity contribution in [2.75, 3.05) is 5.73 Å². The molecule has 5 heteroatoms. The van der Waals surface area contributed by atoms with Crippen LogP contribution in [-0.2, 0) is 0 Å². The van der Waals surface area contributed by atoms with E-state index in [1.165, 1.54) is 11.3 Å². The number of hydrogen-bond donors (Lipinski definition) is 1. The Labute approximate surface area is 107 Å². The maximum absolute atomic E-state index is 12.0. The number of nitrogens with two attached hydrogens (primary N) is 1. The lowest BCUT2D eigenvalue weighted by Gasteiger charge is -1.99. The predicted octanol–water partition coefficient (Wildman–Crippen LogP) is 3.87. The number of anilines is 1. The molecule has 2 N–H and O–H groups in total. The molecule has 82 valence electrons. The van der Waals surface area contributed by atoms with Crippen LogP contribution in [0.3, 0.4) is 0 Å². The predicted molar refractivity (Wildman–Crippen MR) is 68.6 cm³/mol. The SMILES string of the molecule is Nc1cc(Cl)sc1C(=O)c1ccc(Cl)cc1. The fourth-order valence-corrected chi connectivity index (χ4v) is 2.53. The molecule has 0 radical (unpaired) electrons. The van der Waals surface area contributed by atoms with Gasteiger partial charge in [0.15, 0.2) is 0 Å². The molecular formula is C11H7Cl2NOS. The molecule has 16 heavy (non-hydrogen) atoms. The summed E-state index contributed by atoms with van der Waals surface area (Å²) in [4.78, 5) is 12.5. The summed E-state index contributed by atoms with van der Waals surface area (Å²) in [7, 11) is 0. The third kappa shape index (κ3) is 2.21. The van der Waals surface area contributed by atoms with Crippen LogP contribution in [0.5, 0.6) is 0 Å². The molecule has 0 spiro atoms. The van der Waals surface area contributed by atoms with E-state index >= 15 is 0 Å². The molecule has 0 bridgehead atoms. The van der Waals surface area contributed by atoms with Crippen molar-refractivity contribution in [3.63, 3.8) is 0 Å². The second-order valence-corrected chi connectivity index (χ2v) is 5.29. The number of hydrogen-bond acceptors (Lipinski definition) is 3. The molecule has 2 rings (SSSR count). The maximum Gasteiger partial charge on any atom is 0.205 e. The normalized spacial score (nSPS) is 10.4. The standard InChI is InChI=1S/C11H7Cl2NOS/c12-7-3-1-6(2-4-7)10(15)11-8(14)5-9(13)16-11/h1-5H,14H2. The Balaban J connectivity index is 2.39. The monoisotopic (exact) mass is 271 g/mol. The number of carbonyl (C=O) groups is 1. The number of benzene rings is 1. The summed E-state index contributed by atoms with van der Waals surface area (Å²) in [6, 6.07) is 8.24. The highest BCUT2D eigenvalue weighted by Crippen LogP contribution is 2.30. The van der Waals surface area contributed by atoms with Crippen LogP contribution in [-0.4, -0.2) is 5.78 Å². The first-order chi connectivity index (χ1) is 7.58. The van der Waals surface area contributed by atoms with Crippen molar-refractivity contribution in [2.45, 2.75) is 0 Å². The van der Waals surface area contributed by atoms with Gasteiger partial charge in [0.05, 0.1) is 14.9 Å². The summed E-state index contributed by atoms with van der Waals surface area (Å²) in [6.45, 7) is 0. The van der Waals surface area contributed by atoms with Crippen LogP contribution in [0, 0.1) is 0 Å². The van der Waals surface area contributed by atoms with Gasteiger partial charge in [-0.15, -0.1) is 11.3 Å². The van der Waals surface area contributed by atoms with E-state index in [9.17, 15) is 4.79 Å². The van der Waals surface area contributed by atoms with Gasteiger partial charge in [-0.1, -0.05) is 23.2 Å². The van der Waals surface area contributed by atoms with Crippen LogP contribution in [0.4, 0.5) is 5.69 Å². The highest BCUT2D eigenvalue weighted by atomic mass is 35.5. The van der Waals surface area contributed by atoms with Crippen LogP contribution in [0.15, 0.2) is 30.3 Å². The number of halogens is 2. The van der Waals surface area contributed by atoms with E-state index in [1.807, 2.05) is 0 Å². The average Bonchev–Trinajstić information content (AvgIpc) is 2.58. The van der Waals surface area contributed by atoms with E-state index in [2.05, 4.69) is 0 Å². The van der Waals surface area contributed by atoms with Gasteiger partial charge >= 0.3 is 0 Å². The molecule has 0 aliphatic rings. The van der Waals surface area contributed by atoms with Gasteiger partial charge in [-0.05, 0) is 30.3 Å². The van der Waals surface area contributed by atoms with Crippen LogP contribution < -0.4 is 5.73 Å². The fourth-order valence-electron chi connectivity index (χ4n) is 1.28. The zero-order valence-electron chi connectivity index (χ0n) is 8.04. The number of thiophene rings is 1. The molecule has 2 aromatic rings. The van der Waals surface area contributed by atoms with Crippen LogP contribution in [0.25, 0.3) is 0 Å². The largest absolute Gasteiger partial charge is 0.397 e. The van der Waals surface area contributed by atoms with Gasteiger partial charge in [-0.25, -0.2) is 0 Å². The van der Waals surface area contributed by atoms with E-state index in [0.717, 1.165) is 0 Å². The molecule has 0 unspecified atom stereocenters. The van der Waals surface area contributed by atoms with E-state index in [4.69, 9.17) is 28.9 Å². The molecule has 0 amide bonds. The van der Waals surface area contributed by atoms with Gasteiger partial charge in [0.2, 0.25) is 5.78 Å². The van der Waals surface area contributed by atoms with Gasteiger partial charge in [0.25, 0.3) is 0 Å². The van der Waals surface area contributed by atoms with Crippen molar-refractivity contribution in [1.82, 2.24) is 0 Å². The molecule has 1 aromatic heterocycles. The lowest BCUT2D eigenvalue weighted by molar-refractivity contribution is 0.104. The van der Waals surface area contributed by atoms with Gasteiger partial charge < -0.3 is 5.73 Å². The van der Waals surface area contributed by atoms with Crippen molar-refractivity contribution < 1.29 is 4.79 Å². The Kier molecular flexibility index (Phi) is 3.19. The molecule has 0 saturated carbocycles. The Hall–Kier alpha value is -1.03. The Morgan fingerprint density at radius 1 is 1.19 bits per heavy atom. The average molecular weight is 272 g/mol. The van der Waals surface area contributed by atoms with Crippen molar-refractivity contribution in [1.29, 1.82) is 0 Å². The molecule has 1 heterocycles. The van der Waals surface area contributed by atoms with Crippen molar-refractivity contribution in [2.24, 2.45) is 0 Å². The van der Waals surface area contributed by atoms with E-state index in [0.29, 0.717) is 25.5 Å². The number of nitrogen functional groups attached to an aromatic ring is 1. The molecule has 0 atom stereocenters. The van der Waals surface area contributed by atoms with E-state index < -0.39 is 0 Å². The van der Waals surface area contributed by atoms with E-state index in [1.54, 1.807) is 30.3 Å². The minimum Gasteiger partial charge on any atom is -0.397 e. The first-order valence-corrected chi connectivity index (χ1v) is 6.00. The summed E-state index contributed by atoms with van der Waals surface area (Å²) in [5.74, 6) is -0.133. The van der Waals surface area contributed by atoms with Crippen molar-refractivity contribution >= 4 is 46.0 Å². The molecule has 0 fully saturated rings. The van der Waals surface area contributed by atoms with Gasteiger partial charge in [-0.2, -0.15) is 0 Å². The van der Waals surface area contributed by atoms with Crippen LogP contribution in [0.1, 0.15) is 15.2 Å². The highest BCUT2D eigenvalue weighted by Gasteiger charge is 2.15. The summed E-state index contributed by atoms with van der Waals surface area (Å²) in [5.41, 5.74) is 6.65. The molecular weight excluding hydrogens is 265 g/mol. The maximum atomic E-state index is 12.0. The minimum atomic E-state index is -0.133. The molecule has 2 nitrogen and oxygen atoms in total. The smallest absolute Gasteiger partial charge is 0.205 e. The second kappa shape index (κ2) is 4.45. The summed E-state index contributed by atoms with van der Waals surface area (Å²) < 4.78 is 0.509. The van der Waals surface area contributed by atoms with E-state index in [-0.39, 0.29) is 5.78 Å². The first kappa shape index (κ1) is 11.5. The molecule has 0 aliphatic heterocycles. The lowest BCUT2D eigenvalue weighted by atomic mass is 10.1. The summed E-state index contributed by atoms with van der Waals surface area (Å²) >= 11 is 12.7. The number of ketones is 1. The summed E-state index contributed by atoms with van der Waals surface area (Å²) in [6.07, 6.45) is 0. The third-order valence-electron chi connectivity index (χ3n) is 2.04. The van der Waals surface area contributed by atoms with Crippen molar-refractivity contribution in [3.05, 3.63) is 50.1 Å². The highest BCUT2D eigenvalue weighted by molar-refractivity contribution is 7.18. The Bertz CT molecular complexity index is 533. The molecule has 1 aromatic carbocycles. The Morgan fingerprint density at radius 2 is 1.81 bits per heavy atom. The quantitative estimate of drug-likeness (QED) is 0.843. The van der Waals surface area contributed by atoms with Gasteiger partial charge in [0, 0.05) is 10.6 Å². The Morgan fingerprint density at radius 3 is 2.31 bits per heavy atom. The van der Waals surface area contributed by atoms with Gasteiger partial charge in [-0.3, -0.25) is 4.79 Å². The van der Waals surface area contributed by atoms with Crippen LogP contribution in [0.2, 0.25) is 9.36 Å². The zero-order valence-corrected chi connectivity index (χ0v) is 10.4. The lowest BCUT2D eigenvalue weighted by Crippen LogP contribution is -2.01. The number of carbonyl (C=O) groups excluding carboxylic acids is 1. The van der Waals surface area contributed by atoms with Gasteiger partial charge in [0.1, 0.15) is 0 Å². The number of rotatable bonds is 2. The topological polar surface area (TPSA) is 43.1 Å². The molecule has 0 saturated heterocycles. The minimum absolute atomic E-state index is 0.133.